The fraction of sp³-hybridized carbons (Fsp3) is 0.500. The summed E-state index contributed by atoms with van der Waals surface area (Å²) in [5, 5.41) is 7.07. The first-order chi connectivity index (χ1) is 12.5. The van der Waals surface area contributed by atoms with Gasteiger partial charge in [-0.25, -0.2) is 0 Å². The van der Waals surface area contributed by atoms with Crippen molar-refractivity contribution in [3.05, 3.63) is 40.6 Å². The Balaban J connectivity index is 2.09. The highest BCUT2D eigenvalue weighted by Crippen LogP contribution is 2.53. The third-order valence-corrected chi connectivity index (χ3v) is 5.78. The number of ether oxygens (including phenoxy) is 1. The van der Waals surface area contributed by atoms with Gasteiger partial charge < -0.3 is 15.4 Å². The fourth-order valence-electron chi connectivity index (χ4n) is 3.91. The Kier molecular flexibility index (Phi) is 5.12. The molecule has 1 aromatic carbocycles. The van der Waals surface area contributed by atoms with E-state index in [2.05, 4.69) is 61.7 Å². The summed E-state index contributed by atoms with van der Waals surface area (Å²) in [5.41, 5.74) is 7.30. The quantitative estimate of drug-likeness (QED) is 0.762. The predicted octanol–water partition coefficient (Wildman–Crippen LogP) is 5.23. The molecule has 0 atom stereocenters. The summed E-state index contributed by atoms with van der Waals surface area (Å²) in [4.78, 5) is 4.54. The Morgan fingerprint density at radius 2 is 2.04 bits per heavy atom. The number of hydrogen-bond donors (Lipinski definition) is 2. The van der Waals surface area contributed by atoms with Crippen molar-refractivity contribution in [1.29, 1.82) is 0 Å². The molecule has 1 aromatic rings. The van der Waals surface area contributed by atoms with Gasteiger partial charge >= 0.3 is 0 Å². The summed E-state index contributed by atoms with van der Waals surface area (Å²) >= 11 is 0. The molecular weight excluding hydrogens is 322 g/mol. The molecule has 1 heterocycles. The first kappa shape index (κ1) is 18.6. The lowest BCUT2D eigenvalue weighted by Crippen LogP contribution is -2.41. The van der Waals surface area contributed by atoms with Gasteiger partial charge in [-0.3, -0.25) is 4.99 Å². The van der Waals surface area contributed by atoms with Crippen LogP contribution in [-0.2, 0) is 5.41 Å². The van der Waals surface area contributed by atoms with Gasteiger partial charge in [0, 0.05) is 24.0 Å². The van der Waals surface area contributed by atoms with Gasteiger partial charge in [0.05, 0.1) is 12.5 Å². The molecule has 0 radical (unpaired) electrons. The Hall–Kier alpha value is -2.23. The van der Waals surface area contributed by atoms with Crippen LogP contribution in [0.25, 0.3) is 5.70 Å². The average molecular weight is 354 g/mol. The molecule has 1 fully saturated rings. The lowest BCUT2D eigenvalue weighted by atomic mass is 9.65. The zero-order chi connectivity index (χ0) is 18.9. The van der Waals surface area contributed by atoms with Crippen LogP contribution in [0.2, 0.25) is 0 Å². The zero-order valence-electron chi connectivity index (χ0n) is 16.9. The van der Waals surface area contributed by atoms with Gasteiger partial charge in [0.15, 0.2) is 0 Å². The largest absolute Gasteiger partial charge is 0.496 e. The van der Waals surface area contributed by atoms with Crippen LogP contribution in [0.4, 0.5) is 5.69 Å². The van der Waals surface area contributed by atoms with E-state index in [0.717, 1.165) is 47.8 Å². The van der Waals surface area contributed by atoms with E-state index in [9.17, 15) is 0 Å². The summed E-state index contributed by atoms with van der Waals surface area (Å²) in [7, 11) is 3.64. The molecule has 1 saturated carbocycles. The van der Waals surface area contributed by atoms with E-state index in [-0.39, 0.29) is 5.41 Å². The molecule has 140 valence electrons. The number of anilines is 1. The zero-order valence-corrected chi connectivity index (χ0v) is 16.9. The van der Waals surface area contributed by atoms with E-state index < -0.39 is 0 Å². The number of nitrogens with one attached hydrogen (secondary N) is 2. The van der Waals surface area contributed by atoms with Crippen molar-refractivity contribution in [2.75, 3.05) is 19.5 Å². The molecule has 3 rings (SSSR count). The SMILES string of the molecule is CC/C(C)=C/NC(=C(C)C)c1cc2c(cc1OC)C1(CCC1)C(=NC)N2. The van der Waals surface area contributed by atoms with Crippen molar-refractivity contribution < 1.29 is 4.74 Å². The highest BCUT2D eigenvalue weighted by atomic mass is 16.5. The normalized spacial score (nSPS) is 19.0. The molecule has 0 bridgehead atoms. The van der Waals surface area contributed by atoms with Crippen LogP contribution in [0.5, 0.6) is 5.75 Å². The van der Waals surface area contributed by atoms with Crippen molar-refractivity contribution in [3.8, 4) is 5.75 Å². The highest BCUT2D eigenvalue weighted by molar-refractivity contribution is 6.11. The van der Waals surface area contributed by atoms with Crippen molar-refractivity contribution >= 4 is 17.2 Å². The molecule has 0 saturated heterocycles. The number of aliphatic imine (C=N–C) groups is 1. The third-order valence-electron chi connectivity index (χ3n) is 5.78. The van der Waals surface area contributed by atoms with Gasteiger partial charge in [-0.15, -0.1) is 0 Å². The van der Waals surface area contributed by atoms with Crippen LogP contribution in [0.1, 0.15) is 64.5 Å². The van der Waals surface area contributed by atoms with Crippen LogP contribution < -0.4 is 15.4 Å². The average Bonchev–Trinajstić information content (AvgIpc) is 2.93. The third kappa shape index (κ3) is 2.91. The Morgan fingerprint density at radius 3 is 2.54 bits per heavy atom. The number of rotatable bonds is 5. The number of allylic oxidation sites excluding steroid dienone is 2. The topological polar surface area (TPSA) is 45.6 Å². The molecule has 1 aliphatic heterocycles. The molecule has 2 aliphatic rings. The maximum Gasteiger partial charge on any atom is 0.128 e. The van der Waals surface area contributed by atoms with Crippen molar-refractivity contribution in [2.45, 2.75) is 58.8 Å². The van der Waals surface area contributed by atoms with Crippen LogP contribution in [0, 0.1) is 0 Å². The van der Waals surface area contributed by atoms with Gasteiger partial charge in [-0.1, -0.05) is 24.5 Å². The maximum absolute atomic E-state index is 5.80. The Morgan fingerprint density at radius 1 is 1.31 bits per heavy atom. The second kappa shape index (κ2) is 7.18. The lowest BCUT2D eigenvalue weighted by molar-refractivity contribution is 0.344. The lowest BCUT2D eigenvalue weighted by Gasteiger charge is -2.38. The molecule has 4 heteroatoms. The molecule has 0 amide bonds. The molecule has 1 aliphatic carbocycles. The highest BCUT2D eigenvalue weighted by Gasteiger charge is 2.49. The van der Waals surface area contributed by atoms with Gasteiger partial charge in [-0.05, 0) is 63.9 Å². The molecule has 0 unspecified atom stereocenters. The molecule has 0 aromatic heterocycles. The van der Waals surface area contributed by atoms with Crippen LogP contribution in [0.3, 0.4) is 0 Å². The Bertz CT molecular complexity index is 794. The first-order valence-electron chi connectivity index (χ1n) is 9.53. The molecular formula is C22H31N3O. The van der Waals surface area contributed by atoms with E-state index in [4.69, 9.17) is 4.74 Å². The second-order valence-electron chi connectivity index (χ2n) is 7.59. The summed E-state index contributed by atoms with van der Waals surface area (Å²) in [6.45, 7) is 8.56. The Labute approximate surface area is 157 Å². The van der Waals surface area contributed by atoms with Gasteiger partial charge in [0.25, 0.3) is 0 Å². The van der Waals surface area contributed by atoms with E-state index in [1.54, 1.807) is 7.11 Å². The number of methoxy groups -OCH3 is 1. The van der Waals surface area contributed by atoms with Crippen molar-refractivity contribution in [2.24, 2.45) is 4.99 Å². The second-order valence-corrected chi connectivity index (χ2v) is 7.59. The molecule has 1 spiro atoms. The summed E-state index contributed by atoms with van der Waals surface area (Å²) in [5.74, 6) is 2.02. The fourth-order valence-corrected chi connectivity index (χ4v) is 3.91. The number of benzene rings is 1. The van der Waals surface area contributed by atoms with Crippen molar-refractivity contribution in [1.82, 2.24) is 5.32 Å². The van der Waals surface area contributed by atoms with Gasteiger partial charge in [-0.2, -0.15) is 0 Å². The molecule has 4 nitrogen and oxygen atoms in total. The predicted molar refractivity (Wildman–Crippen MR) is 111 cm³/mol. The molecule has 2 N–H and O–H groups in total. The van der Waals surface area contributed by atoms with Gasteiger partial charge in [0.2, 0.25) is 0 Å². The number of fused-ring (bicyclic) bond motifs is 2. The standard InChI is InChI=1S/C22H31N3O/c1-7-15(4)13-24-20(14(2)3)16-11-18-17(12-19(16)26-6)22(9-8-10-22)21(23-5)25-18/h11-13,24H,7-10H2,1-6H3,(H,23,25)/b15-13+. The van der Waals surface area contributed by atoms with Gasteiger partial charge in [0.1, 0.15) is 11.6 Å². The van der Waals surface area contributed by atoms with E-state index >= 15 is 0 Å². The van der Waals surface area contributed by atoms with E-state index in [1.165, 1.54) is 23.1 Å². The van der Waals surface area contributed by atoms with E-state index in [0.29, 0.717) is 0 Å². The monoisotopic (exact) mass is 353 g/mol. The minimum absolute atomic E-state index is 0.0765. The number of nitrogens with zero attached hydrogens (tertiary/aromatic N) is 1. The molecule has 26 heavy (non-hydrogen) atoms. The first-order valence-corrected chi connectivity index (χ1v) is 9.53. The summed E-state index contributed by atoms with van der Waals surface area (Å²) in [6.07, 6.45) is 6.70. The van der Waals surface area contributed by atoms with Crippen LogP contribution in [0.15, 0.2) is 34.5 Å². The minimum Gasteiger partial charge on any atom is -0.496 e. The summed E-state index contributed by atoms with van der Waals surface area (Å²) < 4.78 is 5.80. The van der Waals surface area contributed by atoms with Crippen LogP contribution in [-0.4, -0.2) is 20.0 Å². The van der Waals surface area contributed by atoms with Crippen LogP contribution >= 0.6 is 0 Å². The number of amidine groups is 1. The smallest absolute Gasteiger partial charge is 0.128 e. The number of hydrogen-bond acceptors (Lipinski definition) is 3. The maximum atomic E-state index is 5.80. The van der Waals surface area contributed by atoms with E-state index in [1.807, 2.05) is 7.05 Å². The van der Waals surface area contributed by atoms with Crippen molar-refractivity contribution in [3.63, 3.8) is 0 Å². The minimum atomic E-state index is 0.0765. The summed E-state index contributed by atoms with van der Waals surface area (Å²) in [6, 6.07) is 4.44.